The van der Waals surface area contributed by atoms with Gasteiger partial charge in [-0.2, -0.15) is 0 Å². The number of benzene rings is 2. The fraction of sp³-hybridized carbons (Fsp3) is 0.350. The quantitative estimate of drug-likeness (QED) is 0.879. The first-order valence-corrected chi connectivity index (χ1v) is 8.51. The molecular formula is C20H24N2O3. The number of hydrogen-bond donors (Lipinski definition) is 2. The number of aliphatic hydroxyl groups is 1. The molecule has 0 aromatic heterocycles. The summed E-state index contributed by atoms with van der Waals surface area (Å²) >= 11 is 0. The number of ether oxygens (including phenoxy) is 1. The van der Waals surface area contributed by atoms with Crippen LogP contribution in [0.3, 0.4) is 0 Å². The minimum absolute atomic E-state index is 0.121. The van der Waals surface area contributed by atoms with E-state index in [1.807, 2.05) is 60.4 Å². The third-order valence-electron chi connectivity index (χ3n) is 4.54. The van der Waals surface area contributed by atoms with Crippen LogP contribution >= 0.6 is 0 Å². The first-order chi connectivity index (χ1) is 12.1. The highest BCUT2D eigenvalue weighted by Gasteiger charge is 2.33. The van der Waals surface area contributed by atoms with Crippen LogP contribution in [0.1, 0.15) is 23.6 Å². The van der Waals surface area contributed by atoms with Gasteiger partial charge in [0, 0.05) is 13.1 Å². The standard InChI is InChI=1S/C20H24N2O3/c1-14-8-9-18(25-2)17(12-14)21-20(24)19(15-6-4-3-5-7-15)22-11-10-16(23)13-22/h3-9,12,16,19,23H,10-11,13H2,1-2H3,(H,21,24)/t16-,19?/m1/s1. The molecule has 5 heteroatoms. The molecule has 2 N–H and O–H groups in total. The minimum atomic E-state index is -0.441. The van der Waals surface area contributed by atoms with Gasteiger partial charge in [-0.25, -0.2) is 0 Å². The Morgan fingerprint density at radius 2 is 2.04 bits per heavy atom. The van der Waals surface area contributed by atoms with Crippen LogP contribution in [0.15, 0.2) is 48.5 Å². The largest absolute Gasteiger partial charge is 0.495 e. The summed E-state index contributed by atoms with van der Waals surface area (Å²) < 4.78 is 5.36. The number of β-amino-alcohol motifs (C(OH)–C–C–N with tert-alkyl or cyclic N) is 1. The molecule has 2 aromatic rings. The van der Waals surface area contributed by atoms with Gasteiger partial charge in [-0.3, -0.25) is 9.69 Å². The molecule has 1 saturated heterocycles. The van der Waals surface area contributed by atoms with Crippen LogP contribution in [-0.4, -0.2) is 42.2 Å². The van der Waals surface area contributed by atoms with E-state index >= 15 is 0 Å². The number of carbonyl (C=O) groups excluding carboxylic acids is 1. The molecular weight excluding hydrogens is 316 g/mol. The zero-order valence-electron chi connectivity index (χ0n) is 14.6. The molecule has 2 atom stereocenters. The van der Waals surface area contributed by atoms with Crippen LogP contribution in [0.25, 0.3) is 0 Å². The van der Waals surface area contributed by atoms with Gasteiger partial charge in [0.1, 0.15) is 11.8 Å². The van der Waals surface area contributed by atoms with E-state index in [1.165, 1.54) is 0 Å². The van der Waals surface area contributed by atoms with Crippen molar-refractivity contribution in [2.75, 3.05) is 25.5 Å². The second-order valence-corrected chi connectivity index (χ2v) is 6.44. The van der Waals surface area contributed by atoms with Crippen molar-refractivity contribution in [2.24, 2.45) is 0 Å². The summed E-state index contributed by atoms with van der Waals surface area (Å²) in [5.74, 6) is 0.511. The molecule has 3 rings (SSSR count). The Morgan fingerprint density at radius 1 is 1.28 bits per heavy atom. The highest BCUT2D eigenvalue weighted by atomic mass is 16.5. The van der Waals surface area contributed by atoms with E-state index in [4.69, 9.17) is 4.74 Å². The maximum Gasteiger partial charge on any atom is 0.246 e. The van der Waals surface area contributed by atoms with Crippen molar-refractivity contribution in [1.29, 1.82) is 0 Å². The Balaban J connectivity index is 1.88. The van der Waals surface area contributed by atoms with Crippen LogP contribution in [-0.2, 0) is 4.79 Å². The Labute approximate surface area is 148 Å². The van der Waals surface area contributed by atoms with Gasteiger partial charge in [0.2, 0.25) is 5.91 Å². The Morgan fingerprint density at radius 3 is 2.68 bits per heavy atom. The molecule has 0 bridgehead atoms. The number of amides is 1. The van der Waals surface area contributed by atoms with E-state index in [9.17, 15) is 9.90 Å². The second-order valence-electron chi connectivity index (χ2n) is 6.44. The number of anilines is 1. The third-order valence-corrected chi connectivity index (χ3v) is 4.54. The normalized spacial score (nSPS) is 18.8. The lowest BCUT2D eigenvalue weighted by atomic mass is 10.0. The van der Waals surface area contributed by atoms with Gasteiger partial charge in [0.25, 0.3) is 0 Å². The Hall–Kier alpha value is -2.37. The van der Waals surface area contributed by atoms with Gasteiger partial charge < -0.3 is 15.2 Å². The van der Waals surface area contributed by atoms with E-state index in [2.05, 4.69) is 5.32 Å². The molecule has 0 aliphatic carbocycles. The van der Waals surface area contributed by atoms with Crippen LogP contribution in [0.2, 0.25) is 0 Å². The zero-order chi connectivity index (χ0) is 17.8. The van der Waals surface area contributed by atoms with Crippen molar-refractivity contribution in [3.05, 3.63) is 59.7 Å². The van der Waals surface area contributed by atoms with Crippen LogP contribution in [0, 0.1) is 6.92 Å². The average Bonchev–Trinajstić information content (AvgIpc) is 3.02. The molecule has 0 radical (unpaired) electrons. The van der Waals surface area contributed by atoms with E-state index in [-0.39, 0.29) is 12.0 Å². The number of nitrogens with zero attached hydrogens (tertiary/aromatic N) is 1. The molecule has 1 aliphatic heterocycles. The monoisotopic (exact) mass is 340 g/mol. The van der Waals surface area contributed by atoms with Crippen LogP contribution in [0.4, 0.5) is 5.69 Å². The number of carbonyl (C=O) groups is 1. The Bertz CT molecular complexity index is 733. The van der Waals surface area contributed by atoms with Gasteiger partial charge in [-0.1, -0.05) is 36.4 Å². The molecule has 1 aliphatic rings. The molecule has 0 saturated carbocycles. The molecule has 1 fully saturated rings. The van der Waals surface area contributed by atoms with E-state index < -0.39 is 6.04 Å². The van der Waals surface area contributed by atoms with Gasteiger partial charge in [-0.05, 0) is 36.6 Å². The number of likely N-dealkylation sites (tertiary alicyclic amines) is 1. The molecule has 25 heavy (non-hydrogen) atoms. The Kier molecular flexibility index (Phi) is 5.36. The molecule has 2 aromatic carbocycles. The van der Waals surface area contributed by atoms with Gasteiger partial charge >= 0.3 is 0 Å². The summed E-state index contributed by atoms with van der Waals surface area (Å²) in [7, 11) is 1.59. The lowest BCUT2D eigenvalue weighted by molar-refractivity contribution is -0.121. The van der Waals surface area contributed by atoms with Crippen molar-refractivity contribution in [3.8, 4) is 5.75 Å². The molecule has 1 unspecified atom stereocenters. The van der Waals surface area contributed by atoms with Gasteiger partial charge in [-0.15, -0.1) is 0 Å². The number of rotatable bonds is 5. The summed E-state index contributed by atoms with van der Waals surface area (Å²) in [6.07, 6.45) is 0.303. The minimum Gasteiger partial charge on any atom is -0.495 e. The number of aryl methyl sites for hydroxylation is 1. The molecule has 132 valence electrons. The molecule has 5 nitrogen and oxygen atoms in total. The number of hydrogen-bond acceptors (Lipinski definition) is 4. The number of nitrogens with one attached hydrogen (secondary N) is 1. The maximum atomic E-state index is 13.1. The summed E-state index contributed by atoms with van der Waals surface area (Å²) in [6, 6.07) is 14.9. The highest BCUT2D eigenvalue weighted by molar-refractivity contribution is 5.96. The van der Waals surface area contributed by atoms with Crippen molar-refractivity contribution < 1.29 is 14.6 Å². The number of methoxy groups -OCH3 is 1. The van der Waals surface area contributed by atoms with Gasteiger partial charge in [0.15, 0.2) is 0 Å². The number of aliphatic hydroxyl groups excluding tert-OH is 1. The molecule has 1 heterocycles. The SMILES string of the molecule is COc1ccc(C)cc1NC(=O)C(c1ccccc1)N1CC[C@@H](O)C1. The van der Waals surface area contributed by atoms with Crippen molar-refractivity contribution in [3.63, 3.8) is 0 Å². The van der Waals surface area contributed by atoms with Gasteiger partial charge in [0.05, 0.1) is 18.9 Å². The summed E-state index contributed by atoms with van der Waals surface area (Å²) in [5, 5.41) is 12.9. The summed E-state index contributed by atoms with van der Waals surface area (Å²) in [5.41, 5.74) is 2.62. The predicted molar refractivity (Wildman–Crippen MR) is 97.7 cm³/mol. The average molecular weight is 340 g/mol. The van der Waals surface area contributed by atoms with E-state index in [0.29, 0.717) is 30.9 Å². The first kappa shape index (κ1) is 17.5. The fourth-order valence-electron chi connectivity index (χ4n) is 3.29. The third kappa shape index (κ3) is 4.00. The predicted octanol–water partition coefficient (Wildman–Crippen LogP) is 2.75. The fourth-order valence-corrected chi connectivity index (χ4v) is 3.29. The first-order valence-electron chi connectivity index (χ1n) is 8.51. The van der Waals surface area contributed by atoms with Crippen molar-refractivity contribution in [1.82, 2.24) is 4.90 Å². The summed E-state index contributed by atoms with van der Waals surface area (Å²) in [6.45, 7) is 3.16. The van der Waals surface area contributed by atoms with E-state index in [0.717, 1.165) is 11.1 Å². The smallest absolute Gasteiger partial charge is 0.246 e. The lowest BCUT2D eigenvalue weighted by Gasteiger charge is -2.27. The lowest BCUT2D eigenvalue weighted by Crippen LogP contribution is -2.36. The maximum absolute atomic E-state index is 13.1. The van der Waals surface area contributed by atoms with Crippen LogP contribution < -0.4 is 10.1 Å². The van der Waals surface area contributed by atoms with Crippen molar-refractivity contribution in [2.45, 2.75) is 25.5 Å². The zero-order valence-corrected chi connectivity index (χ0v) is 14.6. The van der Waals surface area contributed by atoms with E-state index in [1.54, 1.807) is 7.11 Å². The van der Waals surface area contributed by atoms with Crippen LogP contribution in [0.5, 0.6) is 5.75 Å². The highest BCUT2D eigenvalue weighted by Crippen LogP contribution is 2.30. The summed E-state index contributed by atoms with van der Waals surface area (Å²) in [4.78, 5) is 15.1. The topological polar surface area (TPSA) is 61.8 Å². The van der Waals surface area contributed by atoms with Crippen molar-refractivity contribution >= 4 is 11.6 Å². The molecule has 1 amide bonds. The molecule has 0 spiro atoms. The second kappa shape index (κ2) is 7.68.